The molecule has 0 radical (unpaired) electrons. The quantitative estimate of drug-likeness (QED) is 0.826. The van der Waals surface area contributed by atoms with Crippen molar-refractivity contribution < 1.29 is 4.79 Å². The molecule has 1 saturated heterocycles. The summed E-state index contributed by atoms with van der Waals surface area (Å²) in [6, 6.07) is 1.93. The SMILES string of the molecule is CC(=O)c1sc(N2CCSC(C)C2)cc1N. The number of nitrogens with zero attached hydrogens (tertiary/aromatic N) is 1. The average Bonchev–Trinajstić information content (AvgIpc) is 2.60. The van der Waals surface area contributed by atoms with E-state index >= 15 is 0 Å². The van der Waals surface area contributed by atoms with Crippen LogP contribution in [0.1, 0.15) is 23.5 Å². The molecule has 1 atom stereocenters. The number of nitrogens with two attached hydrogens (primary N) is 1. The zero-order valence-corrected chi connectivity index (χ0v) is 11.2. The smallest absolute Gasteiger partial charge is 0.171 e. The predicted molar refractivity (Wildman–Crippen MR) is 72.9 cm³/mol. The fourth-order valence-electron chi connectivity index (χ4n) is 1.84. The number of nitrogen functional groups attached to an aromatic ring is 1. The molecule has 1 aliphatic heterocycles. The number of Topliss-reactive ketones (excluding diaryl/α,β-unsaturated/α-hetero) is 1. The van der Waals surface area contributed by atoms with Crippen molar-refractivity contribution in [2.75, 3.05) is 29.5 Å². The Kier molecular flexibility index (Phi) is 3.44. The number of carbonyl (C=O) groups is 1. The molecule has 0 aromatic carbocycles. The number of hydrogen-bond donors (Lipinski definition) is 1. The second-order valence-electron chi connectivity index (χ2n) is 4.05. The van der Waals surface area contributed by atoms with E-state index in [9.17, 15) is 4.79 Å². The minimum atomic E-state index is 0.0631. The molecule has 0 amide bonds. The molecule has 3 nitrogen and oxygen atoms in total. The zero-order chi connectivity index (χ0) is 11.7. The number of thioether (sulfide) groups is 1. The number of carbonyl (C=O) groups excluding carboxylic acids is 1. The molecule has 1 unspecified atom stereocenters. The van der Waals surface area contributed by atoms with E-state index in [1.165, 1.54) is 11.3 Å². The number of anilines is 2. The van der Waals surface area contributed by atoms with Crippen molar-refractivity contribution in [1.82, 2.24) is 0 Å². The Morgan fingerprint density at radius 3 is 2.94 bits per heavy atom. The van der Waals surface area contributed by atoms with Crippen molar-refractivity contribution in [3.05, 3.63) is 10.9 Å². The van der Waals surface area contributed by atoms with Crippen molar-refractivity contribution in [2.24, 2.45) is 0 Å². The van der Waals surface area contributed by atoms with Crippen LogP contribution < -0.4 is 10.6 Å². The molecule has 1 aliphatic rings. The van der Waals surface area contributed by atoms with Crippen molar-refractivity contribution in [2.45, 2.75) is 19.1 Å². The van der Waals surface area contributed by atoms with Gasteiger partial charge in [0, 0.05) is 31.0 Å². The van der Waals surface area contributed by atoms with E-state index in [1.54, 1.807) is 6.92 Å². The minimum absolute atomic E-state index is 0.0631. The van der Waals surface area contributed by atoms with Crippen LogP contribution in [0.2, 0.25) is 0 Å². The Morgan fingerprint density at radius 2 is 2.38 bits per heavy atom. The Balaban J connectivity index is 2.20. The molecular weight excluding hydrogens is 240 g/mol. The zero-order valence-electron chi connectivity index (χ0n) is 9.53. The molecule has 88 valence electrons. The Bertz CT molecular complexity index is 403. The molecule has 2 rings (SSSR count). The van der Waals surface area contributed by atoms with Crippen molar-refractivity contribution in [1.29, 1.82) is 0 Å². The lowest BCUT2D eigenvalue weighted by Gasteiger charge is -2.31. The van der Waals surface area contributed by atoms with Crippen molar-refractivity contribution in [3.63, 3.8) is 0 Å². The van der Waals surface area contributed by atoms with Crippen LogP contribution in [0.5, 0.6) is 0 Å². The van der Waals surface area contributed by atoms with Gasteiger partial charge in [0.2, 0.25) is 0 Å². The van der Waals surface area contributed by atoms with Gasteiger partial charge in [-0.25, -0.2) is 0 Å². The number of rotatable bonds is 2. The fourth-order valence-corrected chi connectivity index (χ4v) is 3.87. The van der Waals surface area contributed by atoms with E-state index in [0.29, 0.717) is 15.8 Å². The van der Waals surface area contributed by atoms with E-state index < -0.39 is 0 Å². The molecule has 2 heterocycles. The molecular formula is C11H16N2OS2. The van der Waals surface area contributed by atoms with Gasteiger partial charge in [0.15, 0.2) is 5.78 Å². The summed E-state index contributed by atoms with van der Waals surface area (Å²) in [6.07, 6.45) is 0. The maximum absolute atomic E-state index is 11.3. The van der Waals surface area contributed by atoms with Gasteiger partial charge in [0.25, 0.3) is 0 Å². The van der Waals surface area contributed by atoms with Crippen LogP contribution in [-0.2, 0) is 0 Å². The predicted octanol–water partition coefficient (Wildman–Crippen LogP) is 2.47. The summed E-state index contributed by atoms with van der Waals surface area (Å²) in [6.45, 7) is 5.90. The standard InChI is InChI=1S/C11H16N2OS2/c1-7-6-13(3-4-15-7)10-5-9(12)11(16-10)8(2)14/h5,7H,3-4,6,12H2,1-2H3. The molecule has 0 spiro atoms. The first-order valence-electron chi connectivity index (χ1n) is 5.34. The van der Waals surface area contributed by atoms with Crippen LogP contribution in [0.4, 0.5) is 10.7 Å². The summed E-state index contributed by atoms with van der Waals surface area (Å²) in [7, 11) is 0. The van der Waals surface area contributed by atoms with Crippen LogP contribution in [0.25, 0.3) is 0 Å². The lowest BCUT2D eigenvalue weighted by atomic mass is 10.3. The molecule has 5 heteroatoms. The normalized spacial score (nSPS) is 21.1. The second kappa shape index (κ2) is 4.67. The lowest BCUT2D eigenvalue weighted by molar-refractivity contribution is 0.102. The summed E-state index contributed by atoms with van der Waals surface area (Å²) in [5.74, 6) is 1.21. The highest BCUT2D eigenvalue weighted by Gasteiger charge is 2.20. The van der Waals surface area contributed by atoms with Gasteiger partial charge in [-0.15, -0.1) is 11.3 Å². The molecule has 0 bridgehead atoms. The van der Waals surface area contributed by atoms with E-state index in [1.807, 2.05) is 17.8 Å². The van der Waals surface area contributed by atoms with Crippen molar-refractivity contribution in [3.8, 4) is 0 Å². The number of ketones is 1. The largest absolute Gasteiger partial charge is 0.397 e. The van der Waals surface area contributed by atoms with Gasteiger partial charge >= 0.3 is 0 Å². The molecule has 1 fully saturated rings. The van der Waals surface area contributed by atoms with E-state index in [0.717, 1.165) is 23.8 Å². The van der Waals surface area contributed by atoms with E-state index in [2.05, 4.69) is 11.8 Å². The lowest BCUT2D eigenvalue weighted by Crippen LogP contribution is -2.36. The molecule has 0 saturated carbocycles. The van der Waals surface area contributed by atoms with E-state index in [-0.39, 0.29) is 5.78 Å². The first kappa shape index (κ1) is 11.8. The summed E-state index contributed by atoms with van der Waals surface area (Å²) in [4.78, 5) is 14.4. The maximum atomic E-state index is 11.3. The molecule has 0 aliphatic carbocycles. The highest BCUT2D eigenvalue weighted by Crippen LogP contribution is 2.34. The summed E-state index contributed by atoms with van der Waals surface area (Å²) in [5, 5.41) is 1.78. The van der Waals surface area contributed by atoms with E-state index in [4.69, 9.17) is 5.73 Å². The van der Waals surface area contributed by atoms with Gasteiger partial charge in [-0.3, -0.25) is 4.79 Å². The van der Waals surface area contributed by atoms with Gasteiger partial charge in [-0.2, -0.15) is 11.8 Å². The Morgan fingerprint density at radius 1 is 1.62 bits per heavy atom. The van der Waals surface area contributed by atoms with Crippen LogP contribution in [0, 0.1) is 0 Å². The minimum Gasteiger partial charge on any atom is -0.397 e. The Hall–Kier alpha value is -0.680. The monoisotopic (exact) mass is 256 g/mol. The highest BCUT2D eigenvalue weighted by atomic mass is 32.2. The topological polar surface area (TPSA) is 46.3 Å². The summed E-state index contributed by atoms with van der Waals surface area (Å²) in [5.41, 5.74) is 6.46. The highest BCUT2D eigenvalue weighted by molar-refractivity contribution is 8.00. The van der Waals surface area contributed by atoms with Crippen LogP contribution in [-0.4, -0.2) is 29.9 Å². The number of thiophene rings is 1. The fraction of sp³-hybridized carbons (Fsp3) is 0.545. The maximum Gasteiger partial charge on any atom is 0.171 e. The van der Waals surface area contributed by atoms with Crippen LogP contribution in [0.15, 0.2) is 6.07 Å². The third-order valence-corrected chi connectivity index (χ3v) is 5.07. The summed E-state index contributed by atoms with van der Waals surface area (Å²) >= 11 is 3.52. The third kappa shape index (κ3) is 2.35. The van der Waals surface area contributed by atoms with Gasteiger partial charge in [0.1, 0.15) is 0 Å². The van der Waals surface area contributed by atoms with Gasteiger partial charge in [-0.05, 0) is 6.07 Å². The summed E-state index contributed by atoms with van der Waals surface area (Å²) < 4.78 is 0. The molecule has 1 aromatic rings. The molecule has 16 heavy (non-hydrogen) atoms. The molecule has 2 N–H and O–H groups in total. The second-order valence-corrected chi connectivity index (χ2v) is 6.63. The van der Waals surface area contributed by atoms with Crippen LogP contribution >= 0.6 is 23.1 Å². The van der Waals surface area contributed by atoms with Gasteiger partial charge in [-0.1, -0.05) is 6.92 Å². The first-order valence-corrected chi connectivity index (χ1v) is 7.21. The first-order chi connectivity index (χ1) is 7.58. The number of hydrogen-bond acceptors (Lipinski definition) is 5. The van der Waals surface area contributed by atoms with Crippen LogP contribution in [0.3, 0.4) is 0 Å². The molecule has 1 aromatic heterocycles. The van der Waals surface area contributed by atoms with Crippen molar-refractivity contribution >= 4 is 39.6 Å². The third-order valence-electron chi connectivity index (χ3n) is 2.62. The van der Waals surface area contributed by atoms with Gasteiger partial charge < -0.3 is 10.6 Å². The Labute approximate surface area is 104 Å². The average molecular weight is 256 g/mol. The van der Waals surface area contributed by atoms with Gasteiger partial charge in [0.05, 0.1) is 15.6 Å².